The van der Waals surface area contributed by atoms with Gasteiger partial charge in [0.05, 0.1) is 0 Å². The van der Waals surface area contributed by atoms with Crippen molar-refractivity contribution in [2.45, 2.75) is 13.0 Å². The number of carbonyl (C=O) groups is 1. The van der Waals surface area contributed by atoms with Crippen LogP contribution in [-0.2, 0) is 13.0 Å². The number of anilines is 1. The fraction of sp³-hybridized carbons (Fsp3) is 0.296. The summed E-state index contributed by atoms with van der Waals surface area (Å²) in [4.78, 5) is 19.7. The predicted octanol–water partition coefficient (Wildman–Crippen LogP) is 4.43. The van der Waals surface area contributed by atoms with Gasteiger partial charge in [0.25, 0.3) is 5.91 Å². The SMILES string of the molecule is CN1CCN(c2ccc3c(c2)C(=O)N(CCc2ccc(Oc4ccccc4)cc2)C3)CC1. The van der Waals surface area contributed by atoms with E-state index in [4.69, 9.17) is 4.74 Å². The van der Waals surface area contributed by atoms with Crippen LogP contribution in [0.5, 0.6) is 11.5 Å². The molecule has 0 radical (unpaired) electrons. The number of rotatable bonds is 6. The number of hydrogen-bond donors (Lipinski definition) is 0. The quantitative estimate of drug-likeness (QED) is 0.583. The number of amides is 1. The predicted molar refractivity (Wildman–Crippen MR) is 128 cm³/mol. The van der Waals surface area contributed by atoms with Crippen molar-refractivity contribution < 1.29 is 9.53 Å². The number of likely N-dealkylation sites (N-methyl/N-ethyl adjacent to an activating group) is 1. The van der Waals surface area contributed by atoms with E-state index < -0.39 is 0 Å². The zero-order valence-electron chi connectivity index (χ0n) is 18.5. The van der Waals surface area contributed by atoms with Gasteiger partial charge in [0.2, 0.25) is 0 Å². The average molecular weight is 428 g/mol. The van der Waals surface area contributed by atoms with E-state index in [1.165, 1.54) is 11.3 Å². The Labute approximate surface area is 189 Å². The molecule has 2 aliphatic rings. The Morgan fingerprint density at radius 1 is 0.844 bits per heavy atom. The molecule has 0 saturated carbocycles. The summed E-state index contributed by atoms with van der Waals surface area (Å²) in [5, 5.41) is 0. The topological polar surface area (TPSA) is 36.0 Å². The smallest absolute Gasteiger partial charge is 0.254 e. The lowest BCUT2D eigenvalue weighted by Crippen LogP contribution is -2.44. The Morgan fingerprint density at radius 2 is 1.56 bits per heavy atom. The monoisotopic (exact) mass is 427 g/mol. The number of carbonyl (C=O) groups excluding carboxylic acids is 1. The molecule has 0 unspecified atom stereocenters. The van der Waals surface area contributed by atoms with E-state index in [1.54, 1.807) is 0 Å². The molecular formula is C27H29N3O2. The number of fused-ring (bicyclic) bond motifs is 1. The molecule has 3 aromatic carbocycles. The van der Waals surface area contributed by atoms with Gasteiger partial charge in [-0.25, -0.2) is 0 Å². The minimum absolute atomic E-state index is 0.153. The van der Waals surface area contributed by atoms with Crippen molar-refractivity contribution in [2.75, 3.05) is 44.7 Å². The van der Waals surface area contributed by atoms with Crippen LogP contribution in [0.4, 0.5) is 5.69 Å². The van der Waals surface area contributed by atoms with E-state index >= 15 is 0 Å². The molecule has 0 spiro atoms. The second-order valence-corrected chi connectivity index (χ2v) is 8.67. The Bertz CT molecular complexity index is 1070. The van der Waals surface area contributed by atoms with E-state index in [1.807, 2.05) is 47.4 Å². The summed E-state index contributed by atoms with van der Waals surface area (Å²) < 4.78 is 5.87. The number of piperazine rings is 1. The molecular weight excluding hydrogens is 398 g/mol. The third-order valence-electron chi connectivity index (χ3n) is 6.41. The van der Waals surface area contributed by atoms with Crippen LogP contribution in [0.3, 0.4) is 0 Å². The molecule has 0 bridgehead atoms. The highest BCUT2D eigenvalue weighted by molar-refractivity contribution is 5.99. The van der Waals surface area contributed by atoms with Crippen LogP contribution in [0.1, 0.15) is 21.5 Å². The fourth-order valence-electron chi connectivity index (χ4n) is 4.40. The first kappa shape index (κ1) is 20.6. The van der Waals surface area contributed by atoms with Gasteiger partial charge in [-0.2, -0.15) is 0 Å². The molecule has 3 aromatic rings. The molecule has 0 N–H and O–H groups in total. The third kappa shape index (κ3) is 4.48. The van der Waals surface area contributed by atoms with E-state index in [9.17, 15) is 4.79 Å². The molecule has 1 saturated heterocycles. The van der Waals surface area contributed by atoms with E-state index in [-0.39, 0.29) is 5.91 Å². The molecule has 1 fully saturated rings. The van der Waals surface area contributed by atoms with Gasteiger partial charge in [-0.05, 0) is 61.0 Å². The van der Waals surface area contributed by atoms with Crippen molar-refractivity contribution >= 4 is 11.6 Å². The third-order valence-corrected chi connectivity index (χ3v) is 6.41. The van der Waals surface area contributed by atoms with Gasteiger partial charge >= 0.3 is 0 Å². The maximum absolute atomic E-state index is 13.0. The van der Waals surface area contributed by atoms with Crippen LogP contribution in [0.25, 0.3) is 0 Å². The summed E-state index contributed by atoms with van der Waals surface area (Å²) in [6, 6.07) is 24.3. The second kappa shape index (κ2) is 9.05. The van der Waals surface area contributed by atoms with Gasteiger partial charge in [0, 0.05) is 50.5 Å². The lowest BCUT2D eigenvalue weighted by molar-refractivity contribution is 0.0780. The van der Waals surface area contributed by atoms with Crippen LogP contribution in [0, 0.1) is 0 Å². The number of nitrogens with zero attached hydrogens (tertiary/aromatic N) is 3. The van der Waals surface area contributed by atoms with Gasteiger partial charge in [-0.15, -0.1) is 0 Å². The summed E-state index contributed by atoms with van der Waals surface area (Å²) in [5.74, 6) is 1.80. The molecule has 2 aliphatic heterocycles. The zero-order chi connectivity index (χ0) is 21.9. The second-order valence-electron chi connectivity index (χ2n) is 8.67. The maximum Gasteiger partial charge on any atom is 0.254 e. The van der Waals surface area contributed by atoms with Crippen molar-refractivity contribution in [3.8, 4) is 11.5 Å². The summed E-state index contributed by atoms with van der Waals surface area (Å²) in [6.45, 7) is 5.57. The summed E-state index contributed by atoms with van der Waals surface area (Å²) in [7, 11) is 2.16. The molecule has 5 nitrogen and oxygen atoms in total. The van der Waals surface area contributed by atoms with Crippen LogP contribution in [0.2, 0.25) is 0 Å². The molecule has 0 aromatic heterocycles. The first-order chi connectivity index (χ1) is 15.7. The van der Waals surface area contributed by atoms with Crippen molar-refractivity contribution in [1.29, 1.82) is 0 Å². The van der Waals surface area contributed by atoms with E-state index in [2.05, 4.69) is 47.2 Å². The number of ether oxygens (including phenoxy) is 1. The minimum atomic E-state index is 0.153. The molecule has 0 atom stereocenters. The highest BCUT2D eigenvalue weighted by atomic mass is 16.5. The number of para-hydroxylation sites is 1. The lowest BCUT2D eigenvalue weighted by Gasteiger charge is -2.34. The Balaban J connectivity index is 1.18. The standard InChI is InChI=1S/C27H29N3O2/c1-28-15-17-29(18-16-28)23-10-9-22-20-30(27(31)26(22)19-23)14-13-21-7-11-25(12-8-21)32-24-5-3-2-4-6-24/h2-12,19H,13-18,20H2,1H3. The molecule has 2 heterocycles. The fourth-order valence-corrected chi connectivity index (χ4v) is 4.40. The van der Waals surface area contributed by atoms with Crippen molar-refractivity contribution in [3.63, 3.8) is 0 Å². The van der Waals surface area contributed by atoms with Crippen molar-refractivity contribution in [2.24, 2.45) is 0 Å². The normalized spacial score (nSPS) is 16.3. The van der Waals surface area contributed by atoms with Gasteiger partial charge < -0.3 is 19.4 Å². The summed E-state index contributed by atoms with van der Waals surface area (Å²) >= 11 is 0. The Hall–Kier alpha value is -3.31. The largest absolute Gasteiger partial charge is 0.457 e. The number of hydrogen-bond acceptors (Lipinski definition) is 4. The lowest BCUT2D eigenvalue weighted by atomic mass is 10.1. The molecule has 1 amide bonds. The molecule has 164 valence electrons. The average Bonchev–Trinajstić information content (AvgIpc) is 3.15. The van der Waals surface area contributed by atoms with Crippen molar-refractivity contribution in [1.82, 2.24) is 9.80 Å². The van der Waals surface area contributed by atoms with Gasteiger partial charge in [0.15, 0.2) is 0 Å². The first-order valence-corrected chi connectivity index (χ1v) is 11.3. The van der Waals surface area contributed by atoms with E-state index in [0.29, 0.717) is 6.54 Å². The van der Waals surface area contributed by atoms with Gasteiger partial charge in [-0.1, -0.05) is 36.4 Å². The van der Waals surface area contributed by atoms with Crippen LogP contribution in [-0.4, -0.2) is 55.5 Å². The van der Waals surface area contributed by atoms with Crippen molar-refractivity contribution in [3.05, 3.63) is 89.5 Å². The van der Waals surface area contributed by atoms with Gasteiger partial charge in [-0.3, -0.25) is 4.79 Å². The first-order valence-electron chi connectivity index (χ1n) is 11.3. The molecule has 32 heavy (non-hydrogen) atoms. The van der Waals surface area contributed by atoms with Crippen LogP contribution < -0.4 is 9.64 Å². The van der Waals surface area contributed by atoms with Crippen LogP contribution >= 0.6 is 0 Å². The Kier molecular flexibility index (Phi) is 5.82. The maximum atomic E-state index is 13.0. The minimum Gasteiger partial charge on any atom is -0.457 e. The Morgan fingerprint density at radius 3 is 2.31 bits per heavy atom. The molecule has 5 rings (SSSR count). The zero-order valence-corrected chi connectivity index (χ0v) is 18.5. The van der Waals surface area contributed by atoms with Gasteiger partial charge in [0.1, 0.15) is 11.5 Å². The summed E-state index contributed by atoms with van der Waals surface area (Å²) in [6.07, 6.45) is 0.830. The van der Waals surface area contributed by atoms with Crippen LogP contribution in [0.15, 0.2) is 72.8 Å². The summed E-state index contributed by atoms with van der Waals surface area (Å²) in [5.41, 5.74) is 4.38. The molecule has 5 heteroatoms. The highest BCUT2D eigenvalue weighted by Gasteiger charge is 2.28. The highest BCUT2D eigenvalue weighted by Crippen LogP contribution is 2.28. The van der Waals surface area contributed by atoms with E-state index in [0.717, 1.165) is 61.8 Å². The number of benzene rings is 3. The molecule has 0 aliphatic carbocycles.